The van der Waals surface area contributed by atoms with Gasteiger partial charge in [-0.05, 0) is 55.1 Å². The van der Waals surface area contributed by atoms with Crippen molar-refractivity contribution in [2.45, 2.75) is 83.8 Å². The van der Waals surface area contributed by atoms with Crippen LogP contribution in [0, 0.1) is 11.3 Å². The summed E-state index contributed by atoms with van der Waals surface area (Å²) in [5.41, 5.74) is -0.142. The number of nitrogens with one attached hydrogen (secondary N) is 3. The van der Waals surface area contributed by atoms with Crippen LogP contribution >= 0.6 is 11.6 Å². The molecule has 0 bridgehead atoms. The lowest BCUT2D eigenvalue weighted by Gasteiger charge is -2.40. The molecular weight excluding hydrogens is 600 g/mol. The summed E-state index contributed by atoms with van der Waals surface area (Å²) in [5.74, 6) is -1.61. The topological polar surface area (TPSA) is 125 Å². The molecule has 3 amide bonds. The highest BCUT2D eigenvalue weighted by molar-refractivity contribution is 7.90. The zero-order valence-corrected chi connectivity index (χ0v) is 28.9. The Morgan fingerprint density at radius 3 is 1.93 bits per heavy atom. The number of nitrogens with zero attached hydrogens (tertiary/aromatic N) is 1. The van der Waals surface area contributed by atoms with Crippen LogP contribution < -0.4 is 15.4 Å². The standard InChI is InChI=1S/C33H47ClN4O5S/c1-21(2)26(20-22(3)29(39)37-44(42,43)25-18-16-24(34)17-19-25)38(10)31(41)28(32(4,5)6)36-30(40)27(35-9)33(7,8)23-14-12-11-13-15-23/h11-21,26-28,35H,1-10H3,(H,36,40)(H,37,39)/b22-20+/t26-,27-,28-/m1/s1. The van der Waals surface area contributed by atoms with Gasteiger partial charge in [-0.15, -0.1) is 0 Å². The number of hydrogen-bond acceptors (Lipinski definition) is 6. The first-order valence-corrected chi connectivity index (χ1v) is 16.4. The maximum Gasteiger partial charge on any atom is 0.264 e. The van der Waals surface area contributed by atoms with Crippen molar-refractivity contribution in [1.29, 1.82) is 0 Å². The number of hydrogen-bond donors (Lipinski definition) is 3. The summed E-state index contributed by atoms with van der Waals surface area (Å²) in [6, 6.07) is 13.1. The lowest BCUT2D eigenvalue weighted by Crippen LogP contribution is -2.61. The monoisotopic (exact) mass is 646 g/mol. The van der Waals surface area contributed by atoms with Crippen molar-refractivity contribution in [3.8, 4) is 0 Å². The SMILES string of the molecule is CN[C@H](C(=O)N[C@H](C(=O)N(C)[C@H](/C=C(\C)C(=O)NS(=O)(=O)c1ccc(Cl)cc1)C(C)C)C(C)(C)C)C(C)(C)c1ccccc1. The Labute approximate surface area is 267 Å². The second-order valence-electron chi connectivity index (χ2n) is 13.0. The third-order valence-corrected chi connectivity index (χ3v) is 9.40. The molecule has 11 heteroatoms. The van der Waals surface area contributed by atoms with Crippen LogP contribution in [0.15, 0.2) is 71.1 Å². The van der Waals surface area contributed by atoms with E-state index in [0.29, 0.717) is 5.02 Å². The summed E-state index contributed by atoms with van der Waals surface area (Å²) in [4.78, 5) is 42.1. The molecule has 0 saturated heterocycles. The summed E-state index contributed by atoms with van der Waals surface area (Å²) < 4.78 is 27.6. The predicted octanol–water partition coefficient (Wildman–Crippen LogP) is 4.67. The first kappa shape index (κ1) is 37.0. The molecule has 9 nitrogen and oxygen atoms in total. The highest BCUT2D eigenvalue weighted by Gasteiger charge is 2.41. The minimum absolute atomic E-state index is 0.102. The Morgan fingerprint density at radius 2 is 1.45 bits per heavy atom. The number of carbonyl (C=O) groups is 3. The van der Waals surface area contributed by atoms with Crippen LogP contribution in [0.3, 0.4) is 0 Å². The van der Waals surface area contributed by atoms with E-state index in [9.17, 15) is 22.8 Å². The van der Waals surface area contributed by atoms with Crippen molar-refractivity contribution in [2.24, 2.45) is 11.3 Å². The number of benzene rings is 2. The summed E-state index contributed by atoms with van der Waals surface area (Å²) in [7, 11) is -0.800. The maximum atomic E-state index is 14.0. The van der Waals surface area contributed by atoms with Crippen molar-refractivity contribution in [3.05, 3.63) is 76.8 Å². The van der Waals surface area contributed by atoms with Gasteiger partial charge < -0.3 is 15.5 Å². The molecule has 2 rings (SSSR count). The van der Waals surface area contributed by atoms with Crippen LogP contribution in [-0.2, 0) is 29.8 Å². The molecule has 0 heterocycles. The van der Waals surface area contributed by atoms with Crippen LogP contribution in [0.2, 0.25) is 5.02 Å². The van der Waals surface area contributed by atoms with E-state index in [1.807, 2.05) is 78.8 Å². The van der Waals surface area contributed by atoms with Gasteiger partial charge in [0.25, 0.3) is 15.9 Å². The van der Waals surface area contributed by atoms with Crippen LogP contribution in [0.25, 0.3) is 0 Å². The van der Waals surface area contributed by atoms with E-state index in [2.05, 4.69) is 15.4 Å². The number of halogens is 1. The minimum Gasteiger partial charge on any atom is -0.342 e. The van der Waals surface area contributed by atoms with E-state index in [0.717, 1.165) is 5.56 Å². The third kappa shape index (κ3) is 9.15. The highest BCUT2D eigenvalue weighted by Crippen LogP contribution is 2.29. The predicted molar refractivity (Wildman–Crippen MR) is 176 cm³/mol. The van der Waals surface area contributed by atoms with E-state index in [-0.39, 0.29) is 28.2 Å². The molecule has 242 valence electrons. The summed E-state index contributed by atoms with van der Waals surface area (Å²) in [5, 5.41) is 6.50. The fourth-order valence-electron chi connectivity index (χ4n) is 5.04. The van der Waals surface area contributed by atoms with E-state index in [1.54, 1.807) is 20.2 Å². The molecular formula is C33H47ClN4O5S. The van der Waals surface area contributed by atoms with Gasteiger partial charge in [-0.2, -0.15) is 0 Å². The van der Waals surface area contributed by atoms with Gasteiger partial charge in [-0.25, -0.2) is 13.1 Å². The molecule has 0 aromatic heterocycles. The molecule has 3 N–H and O–H groups in total. The van der Waals surface area contributed by atoms with Crippen molar-refractivity contribution in [2.75, 3.05) is 14.1 Å². The first-order valence-electron chi connectivity index (χ1n) is 14.5. The van der Waals surface area contributed by atoms with E-state index in [1.165, 1.54) is 36.1 Å². The van der Waals surface area contributed by atoms with Crippen molar-refractivity contribution >= 4 is 39.3 Å². The van der Waals surface area contributed by atoms with Gasteiger partial charge in [0.15, 0.2) is 0 Å². The smallest absolute Gasteiger partial charge is 0.264 e. The minimum atomic E-state index is -4.14. The van der Waals surface area contributed by atoms with Gasteiger partial charge in [0.05, 0.1) is 17.0 Å². The van der Waals surface area contributed by atoms with Crippen LogP contribution in [0.1, 0.15) is 61.0 Å². The first-order chi connectivity index (χ1) is 20.2. The number of sulfonamides is 1. The number of rotatable bonds is 12. The van der Waals surface area contributed by atoms with Gasteiger partial charge in [-0.1, -0.05) is 96.5 Å². The summed E-state index contributed by atoms with van der Waals surface area (Å²) in [6.45, 7) is 14.9. The number of amides is 3. The second-order valence-corrected chi connectivity index (χ2v) is 15.2. The molecule has 0 aliphatic carbocycles. The number of carbonyl (C=O) groups excluding carboxylic acids is 3. The molecule has 0 saturated carbocycles. The Bertz CT molecular complexity index is 1450. The molecule has 0 aliphatic heterocycles. The highest BCUT2D eigenvalue weighted by atomic mass is 35.5. The second kappa shape index (κ2) is 14.7. The van der Waals surface area contributed by atoms with Gasteiger partial charge in [0.1, 0.15) is 6.04 Å². The van der Waals surface area contributed by atoms with Gasteiger partial charge in [0.2, 0.25) is 11.8 Å². The Morgan fingerprint density at radius 1 is 0.909 bits per heavy atom. The largest absolute Gasteiger partial charge is 0.342 e. The van der Waals surface area contributed by atoms with Crippen LogP contribution in [0.5, 0.6) is 0 Å². The zero-order valence-electron chi connectivity index (χ0n) is 27.4. The van der Waals surface area contributed by atoms with E-state index < -0.39 is 44.9 Å². The molecule has 0 radical (unpaired) electrons. The Balaban J connectivity index is 2.33. The molecule has 44 heavy (non-hydrogen) atoms. The average Bonchev–Trinajstić information content (AvgIpc) is 2.93. The summed E-state index contributed by atoms with van der Waals surface area (Å²) >= 11 is 5.86. The fraction of sp³-hybridized carbons (Fsp3) is 0.485. The molecule has 0 fully saturated rings. The normalized spacial score (nSPS) is 14.9. The average molecular weight is 647 g/mol. The molecule has 0 unspecified atom stereocenters. The summed E-state index contributed by atoms with van der Waals surface area (Å²) in [6.07, 6.45) is 1.58. The van der Waals surface area contributed by atoms with Gasteiger partial charge in [0, 0.05) is 23.1 Å². The lowest BCUT2D eigenvalue weighted by atomic mass is 9.76. The molecule has 0 aliphatic rings. The molecule has 0 spiro atoms. The van der Waals surface area contributed by atoms with E-state index in [4.69, 9.17) is 11.6 Å². The van der Waals surface area contributed by atoms with Crippen LogP contribution in [-0.4, -0.2) is 63.3 Å². The quantitative estimate of drug-likeness (QED) is 0.288. The lowest BCUT2D eigenvalue weighted by molar-refractivity contribution is -0.140. The van der Waals surface area contributed by atoms with Gasteiger partial charge in [-0.3, -0.25) is 14.4 Å². The van der Waals surface area contributed by atoms with Crippen molar-refractivity contribution in [1.82, 2.24) is 20.3 Å². The molecule has 2 aromatic carbocycles. The Kier molecular flexibility index (Phi) is 12.4. The molecule has 3 atom stereocenters. The molecule has 2 aromatic rings. The fourth-order valence-corrected chi connectivity index (χ4v) is 6.18. The van der Waals surface area contributed by atoms with Gasteiger partial charge >= 0.3 is 0 Å². The third-order valence-electron chi connectivity index (χ3n) is 7.80. The number of likely N-dealkylation sites (N-methyl/N-ethyl adjacent to an activating group) is 2. The Hall–Kier alpha value is -3.21. The van der Waals surface area contributed by atoms with Crippen LogP contribution in [0.4, 0.5) is 0 Å². The van der Waals surface area contributed by atoms with Crippen molar-refractivity contribution in [3.63, 3.8) is 0 Å². The van der Waals surface area contributed by atoms with E-state index >= 15 is 0 Å². The zero-order chi connectivity index (χ0) is 33.6. The maximum absolute atomic E-state index is 14.0. The van der Waals surface area contributed by atoms with Crippen molar-refractivity contribution < 1.29 is 22.8 Å².